The molecule has 0 bridgehead atoms. The largest absolute Gasteiger partial charge is 0.383 e. The first kappa shape index (κ1) is 11.5. The molecular formula is C10H11ClN2O2. The monoisotopic (exact) mass is 226 g/mol. The first-order chi connectivity index (χ1) is 7.00. The number of non-ortho nitro benzene ring substituents is 1. The van der Waals surface area contributed by atoms with E-state index in [2.05, 4.69) is 0 Å². The van der Waals surface area contributed by atoms with Crippen molar-refractivity contribution in [2.24, 2.45) is 0 Å². The van der Waals surface area contributed by atoms with Gasteiger partial charge in [0.25, 0.3) is 5.69 Å². The quantitative estimate of drug-likeness (QED) is 0.588. The second-order valence-electron chi connectivity index (χ2n) is 3.24. The lowest BCUT2D eigenvalue weighted by atomic mass is 10.2. The van der Waals surface area contributed by atoms with Crippen LogP contribution in [-0.4, -0.2) is 23.9 Å². The fraction of sp³-hybridized carbons (Fsp3) is 0.200. The Labute approximate surface area is 92.9 Å². The standard InChI is InChI=1S/C10H11ClN2O2/c1-12(2)6-5-8-3-4-9(13(14)15)7-10(8)11/h3-7H,1-2H3. The highest BCUT2D eigenvalue weighted by Gasteiger charge is 2.07. The van der Waals surface area contributed by atoms with Crippen LogP contribution in [0.2, 0.25) is 5.02 Å². The molecule has 0 atom stereocenters. The lowest BCUT2D eigenvalue weighted by molar-refractivity contribution is -0.384. The molecule has 0 saturated heterocycles. The van der Waals surface area contributed by atoms with E-state index in [1.807, 2.05) is 25.2 Å². The Morgan fingerprint density at radius 1 is 1.47 bits per heavy atom. The third kappa shape index (κ3) is 3.25. The van der Waals surface area contributed by atoms with Crippen LogP contribution in [0, 0.1) is 10.1 Å². The molecule has 1 aromatic carbocycles. The van der Waals surface area contributed by atoms with Crippen molar-refractivity contribution in [3.8, 4) is 0 Å². The Balaban J connectivity index is 2.98. The van der Waals surface area contributed by atoms with Gasteiger partial charge < -0.3 is 4.90 Å². The third-order valence-corrected chi connectivity index (χ3v) is 2.07. The highest BCUT2D eigenvalue weighted by atomic mass is 35.5. The number of halogens is 1. The molecule has 5 heteroatoms. The van der Waals surface area contributed by atoms with Crippen molar-refractivity contribution in [1.29, 1.82) is 0 Å². The Hall–Kier alpha value is -1.55. The zero-order valence-electron chi connectivity index (χ0n) is 8.48. The molecule has 0 saturated carbocycles. The average Bonchev–Trinajstić information content (AvgIpc) is 2.15. The van der Waals surface area contributed by atoms with Crippen LogP contribution in [0.3, 0.4) is 0 Å². The molecule has 0 spiro atoms. The SMILES string of the molecule is CN(C)C=Cc1ccc([N+](=O)[O-])cc1Cl. The number of nitro groups is 1. The van der Waals surface area contributed by atoms with E-state index >= 15 is 0 Å². The smallest absolute Gasteiger partial charge is 0.270 e. The zero-order valence-corrected chi connectivity index (χ0v) is 9.23. The van der Waals surface area contributed by atoms with Gasteiger partial charge >= 0.3 is 0 Å². The number of nitro benzene ring substituents is 1. The van der Waals surface area contributed by atoms with E-state index in [4.69, 9.17) is 11.6 Å². The van der Waals surface area contributed by atoms with Gasteiger partial charge in [-0.15, -0.1) is 0 Å². The predicted molar refractivity (Wildman–Crippen MR) is 60.8 cm³/mol. The van der Waals surface area contributed by atoms with E-state index < -0.39 is 4.92 Å². The van der Waals surface area contributed by atoms with Gasteiger partial charge in [-0.05, 0) is 23.9 Å². The molecule has 0 fully saturated rings. The highest BCUT2D eigenvalue weighted by molar-refractivity contribution is 6.32. The number of hydrogen-bond donors (Lipinski definition) is 0. The second kappa shape index (κ2) is 4.79. The van der Waals surface area contributed by atoms with E-state index in [1.165, 1.54) is 12.1 Å². The first-order valence-corrected chi connectivity index (χ1v) is 4.67. The lowest BCUT2D eigenvalue weighted by Crippen LogP contribution is -1.99. The maximum Gasteiger partial charge on any atom is 0.270 e. The van der Waals surface area contributed by atoms with Crippen LogP contribution in [0.5, 0.6) is 0 Å². The molecule has 0 aliphatic heterocycles. The van der Waals surface area contributed by atoms with Crippen LogP contribution >= 0.6 is 11.6 Å². The van der Waals surface area contributed by atoms with Crippen molar-refractivity contribution in [2.75, 3.05) is 14.1 Å². The summed E-state index contributed by atoms with van der Waals surface area (Å²) in [5.74, 6) is 0. The molecule has 0 N–H and O–H groups in total. The Morgan fingerprint density at radius 3 is 2.60 bits per heavy atom. The molecule has 1 aromatic rings. The maximum atomic E-state index is 10.5. The Morgan fingerprint density at radius 2 is 2.13 bits per heavy atom. The summed E-state index contributed by atoms with van der Waals surface area (Å²) >= 11 is 5.88. The molecule has 0 aliphatic rings. The summed E-state index contributed by atoms with van der Waals surface area (Å²) in [6.07, 6.45) is 3.62. The number of nitrogens with zero attached hydrogens (tertiary/aromatic N) is 2. The molecule has 0 amide bonds. The van der Waals surface area contributed by atoms with Crippen molar-refractivity contribution in [1.82, 2.24) is 4.90 Å². The summed E-state index contributed by atoms with van der Waals surface area (Å²) in [6.45, 7) is 0. The van der Waals surface area contributed by atoms with Gasteiger partial charge in [0.15, 0.2) is 0 Å². The van der Waals surface area contributed by atoms with Crippen molar-refractivity contribution in [2.45, 2.75) is 0 Å². The van der Waals surface area contributed by atoms with Gasteiger partial charge in [0.1, 0.15) is 0 Å². The summed E-state index contributed by atoms with van der Waals surface area (Å²) in [4.78, 5) is 11.8. The minimum Gasteiger partial charge on any atom is -0.383 e. The van der Waals surface area contributed by atoms with Crippen molar-refractivity contribution >= 4 is 23.4 Å². The Bertz CT molecular complexity index is 402. The van der Waals surface area contributed by atoms with Crippen molar-refractivity contribution in [3.05, 3.63) is 45.1 Å². The third-order valence-electron chi connectivity index (χ3n) is 1.75. The molecule has 80 valence electrons. The predicted octanol–water partition coefficient (Wildman–Crippen LogP) is 2.78. The molecule has 15 heavy (non-hydrogen) atoms. The van der Waals surface area contributed by atoms with E-state index in [0.29, 0.717) is 5.02 Å². The molecule has 0 aromatic heterocycles. The van der Waals surface area contributed by atoms with Crippen LogP contribution in [0.4, 0.5) is 5.69 Å². The van der Waals surface area contributed by atoms with Crippen molar-refractivity contribution in [3.63, 3.8) is 0 Å². The summed E-state index contributed by atoms with van der Waals surface area (Å²) in [5.41, 5.74) is 0.762. The van der Waals surface area contributed by atoms with Crippen LogP contribution in [0.1, 0.15) is 5.56 Å². The number of rotatable bonds is 3. The molecule has 1 rings (SSSR count). The van der Waals surface area contributed by atoms with Gasteiger partial charge in [0.2, 0.25) is 0 Å². The van der Waals surface area contributed by atoms with Crippen LogP contribution in [-0.2, 0) is 0 Å². The molecule has 0 heterocycles. The Kier molecular flexibility index (Phi) is 3.68. The lowest BCUT2D eigenvalue weighted by Gasteiger charge is -2.04. The molecule has 4 nitrogen and oxygen atoms in total. The van der Waals surface area contributed by atoms with Crippen LogP contribution in [0.25, 0.3) is 6.08 Å². The topological polar surface area (TPSA) is 46.4 Å². The fourth-order valence-electron chi connectivity index (χ4n) is 0.994. The van der Waals surface area contributed by atoms with Gasteiger partial charge in [-0.3, -0.25) is 10.1 Å². The second-order valence-corrected chi connectivity index (χ2v) is 3.65. The van der Waals surface area contributed by atoms with Gasteiger partial charge in [0, 0.05) is 26.2 Å². The minimum atomic E-state index is -0.467. The van der Waals surface area contributed by atoms with Crippen LogP contribution < -0.4 is 0 Å². The fourth-order valence-corrected chi connectivity index (χ4v) is 1.23. The minimum absolute atomic E-state index is 0.00185. The highest BCUT2D eigenvalue weighted by Crippen LogP contribution is 2.23. The summed E-state index contributed by atoms with van der Waals surface area (Å²) in [5, 5.41) is 10.8. The van der Waals surface area contributed by atoms with Gasteiger partial charge in [-0.2, -0.15) is 0 Å². The summed E-state index contributed by atoms with van der Waals surface area (Å²) < 4.78 is 0. The van der Waals surface area contributed by atoms with E-state index in [0.717, 1.165) is 5.56 Å². The molecule has 0 unspecified atom stereocenters. The number of benzene rings is 1. The average molecular weight is 227 g/mol. The van der Waals surface area contributed by atoms with Gasteiger partial charge in [-0.25, -0.2) is 0 Å². The van der Waals surface area contributed by atoms with E-state index in [-0.39, 0.29) is 5.69 Å². The summed E-state index contributed by atoms with van der Waals surface area (Å²) in [6, 6.07) is 4.40. The van der Waals surface area contributed by atoms with E-state index in [1.54, 1.807) is 12.1 Å². The first-order valence-electron chi connectivity index (χ1n) is 4.29. The summed E-state index contributed by atoms with van der Waals surface area (Å²) in [7, 11) is 3.77. The molecule has 0 aliphatic carbocycles. The maximum absolute atomic E-state index is 10.5. The van der Waals surface area contributed by atoms with Gasteiger partial charge in [-0.1, -0.05) is 11.6 Å². The van der Waals surface area contributed by atoms with Crippen molar-refractivity contribution < 1.29 is 4.92 Å². The van der Waals surface area contributed by atoms with Gasteiger partial charge in [0.05, 0.1) is 9.95 Å². The molecule has 0 radical (unpaired) electrons. The van der Waals surface area contributed by atoms with Crippen LogP contribution in [0.15, 0.2) is 24.4 Å². The normalized spacial score (nSPS) is 10.6. The zero-order chi connectivity index (χ0) is 11.4. The molecular weight excluding hydrogens is 216 g/mol. The number of hydrogen-bond acceptors (Lipinski definition) is 3. The van der Waals surface area contributed by atoms with E-state index in [9.17, 15) is 10.1 Å².